The van der Waals surface area contributed by atoms with E-state index < -0.39 is 0 Å². The minimum Gasteiger partial charge on any atom is -0.328 e. The van der Waals surface area contributed by atoms with Gasteiger partial charge in [0.1, 0.15) is 6.54 Å². The largest absolute Gasteiger partial charge is 0.328 e. The zero-order valence-electron chi connectivity index (χ0n) is 9.79. The van der Waals surface area contributed by atoms with Crippen LogP contribution in [0, 0.1) is 18.8 Å². The molecule has 1 aliphatic heterocycles. The normalized spacial score (nSPS) is 14.2. The van der Waals surface area contributed by atoms with Crippen LogP contribution >= 0.6 is 23.8 Å². The van der Waals surface area contributed by atoms with Crippen molar-refractivity contribution in [2.75, 3.05) is 13.1 Å². The Morgan fingerprint density at radius 3 is 2.94 bits per heavy atom. The van der Waals surface area contributed by atoms with Crippen LogP contribution in [0.15, 0.2) is 18.2 Å². The van der Waals surface area contributed by atoms with E-state index in [4.69, 9.17) is 23.8 Å². The fraction of sp³-hybridized carbons (Fsp3) is 0.231. The first-order chi connectivity index (χ1) is 8.56. The first-order valence-corrected chi connectivity index (χ1v) is 6.18. The van der Waals surface area contributed by atoms with Gasteiger partial charge in [0.15, 0.2) is 5.11 Å². The highest BCUT2D eigenvalue weighted by molar-refractivity contribution is 7.80. The summed E-state index contributed by atoms with van der Waals surface area (Å²) in [5.74, 6) is 5.98. The van der Waals surface area contributed by atoms with Gasteiger partial charge in [0.25, 0.3) is 0 Å². The Bertz CT molecular complexity index is 574. The quantitative estimate of drug-likeness (QED) is 0.627. The van der Waals surface area contributed by atoms with Gasteiger partial charge in [0.05, 0.1) is 6.54 Å². The molecule has 92 valence electrons. The van der Waals surface area contributed by atoms with Crippen LogP contribution < -0.4 is 5.32 Å². The second-order valence-electron chi connectivity index (χ2n) is 3.97. The molecule has 18 heavy (non-hydrogen) atoms. The summed E-state index contributed by atoms with van der Waals surface area (Å²) < 4.78 is 0. The first kappa shape index (κ1) is 12.9. The van der Waals surface area contributed by atoms with Crippen LogP contribution in [0.4, 0.5) is 0 Å². The molecule has 0 unspecified atom stereocenters. The number of rotatable bonds is 1. The summed E-state index contributed by atoms with van der Waals surface area (Å²) in [5.41, 5.74) is 1.97. The van der Waals surface area contributed by atoms with Crippen molar-refractivity contribution in [2.45, 2.75) is 6.92 Å². The molecular formula is C13H11ClN2OS. The van der Waals surface area contributed by atoms with Gasteiger partial charge in [-0.05, 0) is 42.9 Å². The lowest BCUT2D eigenvalue weighted by atomic mass is 10.1. The zero-order chi connectivity index (χ0) is 13.1. The van der Waals surface area contributed by atoms with E-state index in [-0.39, 0.29) is 12.5 Å². The summed E-state index contributed by atoms with van der Waals surface area (Å²) in [4.78, 5) is 12.8. The average molecular weight is 279 g/mol. The number of hydrogen-bond acceptors (Lipinski definition) is 2. The van der Waals surface area contributed by atoms with Crippen LogP contribution in [0.5, 0.6) is 0 Å². The molecule has 1 heterocycles. The third-order valence-electron chi connectivity index (χ3n) is 2.55. The molecule has 0 radical (unpaired) electrons. The Labute approximate surface area is 116 Å². The third-order valence-corrected chi connectivity index (χ3v) is 3.14. The maximum absolute atomic E-state index is 11.1. The second kappa shape index (κ2) is 5.38. The van der Waals surface area contributed by atoms with E-state index >= 15 is 0 Å². The van der Waals surface area contributed by atoms with E-state index in [1.165, 1.54) is 0 Å². The standard InChI is InChI=1S/C13H11ClN2OS/c1-9-7-11(14)5-4-10(9)3-2-6-16-8-12(17)15-13(16)18/h4-5,7H,6,8H2,1H3,(H,15,17,18). The van der Waals surface area contributed by atoms with E-state index in [1.54, 1.807) is 4.90 Å². The van der Waals surface area contributed by atoms with Gasteiger partial charge in [0, 0.05) is 10.6 Å². The fourth-order valence-electron chi connectivity index (χ4n) is 1.61. The molecule has 3 nitrogen and oxygen atoms in total. The summed E-state index contributed by atoms with van der Waals surface area (Å²) >= 11 is 10.9. The Morgan fingerprint density at radius 1 is 1.56 bits per heavy atom. The number of hydrogen-bond donors (Lipinski definition) is 1. The molecule has 1 fully saturated rings. The Balaban J connectivity index is 2.04. The molecule has 1 amide bonds. The Kier molecular flexibility index (Phi) is 3.85. The van der Waals surface area contributed by atoms with E-state index in [0.29, 0.717) is 16.7 Å². The molecule has 1 aromatic rings. The van der Waals surface area contributed by atoms with Crippen molar-refractivity contribution in [3.63, 3.8) is 0 Å². The molecule has 1 saturated heterocycles. The van der Waals surface area contributed by atoms with Crippen molar-refractivity contribution < 1.29 is 4.79 Å². The number of halogens is 1. The molecule has 1 aliphatic rings. The number of amides is 1. The number of thiocarbonyl (C=S) groups is 1. The molecule has 1 N–H and O–H groups in total. The number of benzene rings is 1. The predicted octanol–water partition coefficient (Wildman–Crippen LogP) is 1.72. The van der Waals surface area contributed by atoms with Gasteiger partial charge in [0.2, 0.25) is 5.91 Å². The van der Waals surface area contributed by atoms with Crippen molar-refractivity contribution in [1.82, 2.24) is 10.2 Å². The monoisotopic (exact) mass is 278 g/mol. The van der Waals surface area contributed by atoms with Crippen molar-refractivity contribution in [1.29, 1.82) is 0 Å². The van der Waals surface area contributed by atoms with Crippen LogP contribution in [0.25, 0.3) is 0 Å². The molecular weight excluding hydrogens is 268 g/mol. The summed E-state index contributed by atoms with van der Waals surface area (Å²) in [7, 11) is 0. The van der Waals surface area contributed by atoms with Gasteiger partial charge >= 0.3 is 0 Å². The van der Waals surface area contributed by atoms with Crippen molar-refractivity contribution >= 4 is 34.8 Å². The van der Waals surface area contributed by atoms with E-state index in [1.807, 2.05) is 25.1 Å². The highest BCUT2D eigenvalue weighted by Gasteiger charge is 2.21. The number of carbonyl (C=O) groups is 1. The van der Waals surface area contributed by atoms with Crippen molar-refractivity contribution in [3.05, 3.63) is 34.3 Å². The first-order valence-electron chi connectivity index (χ1n) is 5.40. The summed E-state index contributed by atoms with van der Waals surface area (Å²) in [5, 5.41) is 3.72. The lowest BCUT2D eigenvalue weighted by molar-refractivity contribution is -0.118. The highest BCUT2D eigenvalue weighted by Crippen LogP contribution is 2.14. The molecule has 0 saturated carbocycles. The number of nitrogens with one attached hydrogen (secondary N) is 1. The summed E-state index contributed by atoms with van der Waals surface area (Å²) in [6.45, 7) is 2.69. The van der Waals surface area contributed by atoms with E-state index in [2.05, 4.69) is 17.2 Å². The molecule has 5 heteroatoms. The van der Waals surface area contributed by atoms with Gasteiger partial charge in [-0.1, -0.05) is 23.4 Å². The highest BCUT2D eigenvalue weighted by atomic mass is 35.5. The Hall–Kier alpha value is -1.57. The number of nitrogens with zero attached hydrogens (tertiary/aromatic N) is 1. The Morgan fingerprint density at radius 2 is 2.33 bits per heavy atom. The SMILES string of the molecule is Cc1cc(Cl)ccc1C#CCN1CC(=O)NC1=S. The maximum atomic E-state index is 11.1. The molecule has 2 rings (SSSR count). The third kappa shape index (κ3) is 3.00. The topological polar surface area (TPSA) is 32.3 Å². The lowest BCUT2D eigenvalue weighted by Crippen LogP contribution is -2.28. The van der Waals surface area contributed by atoms with E-state index in [9.17, 15) is 4.79 Å². The zero-order valence-corrected chi connectivity index (χ0v) is 11.4. The maximum Gasteiger partial charge on any atom is 0.245 e. The van der Waals surface area contributed by atoms with Crippen LogP contribution in [0.1, 0.15) is 11.1 Å². The predicted molar refractivity (Wildman–Crippen MR) is 75.4 cm³/mol. The minimum atomic E-state index is -0.0792. The van der Waals surface area contributed by atoms with Gasteiger partial charge in [-0.2, -0.15) is 0 Å². The number of carbonyl (C=O) groups excluding carboxylic acids is 1. The van der Waals surface area contributed by atoms with E-state index in [0.717, 1.165) is 11.1 Å². The van der Waals surface area contributed by atoms with Crippen LogP contribution in [-0.2, 0) is 4.79 Å². The van der Waals surface area contributed by atoms with Crippen LogP contribution in [-0.4, -0.2) is 29.0 Å². The molecule has 0 spiro atoms. The fourth-order valence-corrected chi connectivity index (χ4v) is 2.08. The molecule has 0 aromatic heterocycles. The molecule has 1 aromatic carbocycles. The smallest absolute Gasteiger partial charge is 0.245 e. The van der Waals surface area contributed by atoms with Gasteiger partial charge in [-0.3, -0.25) is 4.79 Å². The van der Waals surface area contributed by atoms with Crippen molar-refractivity contribution in [2.24, 2.45) is 0 Å². The average Bonchev–Trinajstić information content (AvgIpc) is 2.61. The second-order valence-corrected chi connectivity index (χ2v) is 4.79. The number of aryl methyl sites for hydroxylation is 1. The minimum absolute atomic E-state index is 0.0792. The van der Waals surface area contributed by atoms with Gasteiger partial charge in [-0.25, -0.2) is 0 Å². The van der Waals surface area contributed by atoms with Crippen molar-refractivity contribution in [3.8, 4) is 11.8 Å². The van der Waals surface area contributed by atoms with Crippen LogP contribution in [0.2, 0.25) is 5.02 Å². The molecule has 0 bridgehead atoms. The van der Waals surface area contributed by atoms with Crippen LogP contribution in [0.3, 0.4) is 0 Å². The molecule has 0 aliphatic carbocycles. The summed E-state index contributed by atoms with van der Waals surface area (Å²) in [6.07, 6.45) is 0. The molecule has 0 atom stereocenters. The van der Waals surface area contributed by atoms with Gasteiger partial charge < -0.3 is 10.2 Å². The lowest BCUT2D eigenvalue weighted by Gasteiger charge is -2.10. The van der Waals surface area contributed by atoms with Gasteiger partial charge in [-0.15, -0.1) is 0 Å². The summed E-state index contributed by atoms with van der Waals surface area (Å²) in [6, 6.07) is 5.57.